The Balaban J connectivity index is 2.13. The summed E-state index contributed by atoms with van der Waals surface area (Å²) in [6.07, 6.45) is 0. The van der Waals surface area contributed by atoms with Crippen molar-refractivity contribution < 1.29 is 28.5 Å². The van der Waals surface area contributed by atoms with Crippen LogP contribution >= 0.6 is 0 Å². The Bertz CT molecular complexity index is 992. The van der Waals surface area contributed by atoms with E-state index < -0.39 is 5.91 Å². The molecule has 0 aromatic heterocycles. The second-order valence-corrected chi connectivity index (χ2v) is 6.40. The minimum Gasteiger partial charge on any atom is -0.497 e. The van der Waals surface area contributed by atoms with E-state index in [4.69, 9.17) is 18.9 Å². The molecule has 2 amide bonds. The van der Waals surface area contributed by atoms with Crippen LogP contribution in [-0.4, -0.2) is 51.7 Å². The summed E-state index contributed by atoms with van der Waals surface area (Å²) < 4.78 is 21.2. The van der Waals surface area contributed by atoms with Gasteiger partial charge in [-0.05, 0) is 24.6 Å². The lowest BCUT2D eigenvalue weighted by Crippen LogP contribution is -2.32. The first-order chi connectivity index (χ1) is 14.5. The Morgan fingerprint density at radius 2 is 1.43 bits per heavy atom. The van der Waals surface area contributed by atoms with Crippen molar-refractivity contribution in [3.05, 3.63) is 47.7 Å². The molecule has 8 heteroatoms. The monoisotopic (exact) mass is 412 g/mol. The van der Waals surface area contributed by atoms with Crippen molar-refractivity contribution in [1.29, 1.82) is 0 Å². The fourth-order valence-electron chi connectivity index (χ4n) is 3.26. The molecule has 158 valence electrons. The molecule has 0 saturated heterocycles. The molecule has 3 rings (SSSR count). The van der Waals surface area contributed by atoms with Crippen LogP contribution in [0.5, 0.6) is 23.0 Å². The smallest absolute Gasteiger partial charge is 0.278 e. The quantitative estimate of drug-likeness (QED) is 0.667. The van der Waals surface area contributed by atoms with E-state index in [1.54, 1.807) is 43.3 Å². The SMILES string of the molecule is CCN1C(=O)C(Nc2cc(OC)cc(OC)c2)=C(c2ccc(OC)c(OC)c2)C1=O. The number of hydrogen-bond donors (Lipinski definition) is 1. The zero-order chi connectivity index (χ0) is 21.8. The maximum atomic E-state index is 13.0. The maximum Gasteiger partial charge on any atom is 0.278 e. The fourth-order valence-corrected chi connectivity index (χ4v) is 3.26. The van der Waals surface area contributed by atoms with E-state index in [0.717, 1.165) is 0 Å². The fraction of sp³-hybridized carbons (Fsp3) is 0.273. The molecule has 0 saturated carbocycles. The number of imide groups is 1. The number of likely N-dealkylation sites (N-methyl/N-ethyl adjacent to an activating group) is 1. The van der Waals surface area contributed by atoms with Crippen molar-refractivity contribution in [3.8, 4) is 23.0 Å². The number of methoxy groups -OCH3 is 4. The number of amides is 2. The molecule has 1 heterocycles. The Hall–Kier alpha value is -3.68. The summed E-state index contributed by atoms with van der Waals surface area (Å²) in [4.78, 5) is 27.2. The van der Waals surface area contributed by atoms with Gasteiger partial charge in [-0.1, -0.05) is 6.07 Å². The van der Waals surface area contributed by atoms with Gasteiger partial charge in [0.2, 0.25) is 0 Å². The summed E-state index contributed by atoms with van der Waals surface area (Å²) in [5.74, 6) is 1.29. The Morgan fingerprint density at radius 3 is 1.97 bits per heavy atom. The van der Waals surface area contributed by atoms with Gasteiger partial charge >= 0.3 is 0 Å². The molecule has 1 aliphatic heterocycles. The zero-order valence-electron chi connectivity index (χ0n) is 17.6. The van der Waals surface area contributed by atoms with Gasteiger partial charge in [0.15, 0.2) is 11.5 Å². The van der Waals surface area contributed by atoms with Gasteiger partial charge in [0.05, 0.1) is 34.0 Å². The van der Waals surface area contributed by atoms with Crippen LogP contribution in [0.25, 0.3) is 5.57 Å². The molecule has 1 N–H and O–H groups in total. The number of carbonyl (C=O) groups excluding carboxylic acids is 2. The molecule has 0 bridgehead atoms. The largest absolute Gasteiger partial charge is 0.497 e. The molecule has 0 unspecified atom stereocenters. The molecule has 1 aliphatic rings. The summed E-state index contributed by atoms with van der Waals surface area (Å²) in [6, 6.07) is 10.2. The van der Waals surface area contributed by atoms with Crippen molar-refractivity contribution in [3.63, 3.8) is 0 Å². The number of rotatable bonds is 8. The van der Waals surface area contributed by atoms with Gasteiger partial charge in [-0.25, -0.2) is 0 Å². The normalized spacial score (nSPS) is 13.6. The Kier molecular flexibility index (Phi) is 6.15. The van der Waals surface area contributed by atoms with Gasteiger partial charge in [0.25, 0.3) is 11.8 Å². The lowest BCUT2D eigenvalue weighted by atomic mass is 10.0. The first-order valence-electron chi connectivity index (χ1n) is 9.30. The summed E-state index contributed by atoms with van der Waals surface area (Å²) in [6.45, 7) is 2.00. The number of benzene rings is 2. The lowest BCUT2D eigenvalue weighted by molar-refractivity contribution is -0.136. The number of hydrogen-bond acceptors (Lipinski definition) is 7. The molecule has 0 fully saturated rings. The number of ether oxygens (including phenoxy) is 4. The van der Waals surface area contributed by atoms with E-state index >= 15 is 0 Å². The highest BCUT2D eigenvalue weighted by atomic mass is 16.5. The predicted octanol–water partition coefficient (Wildman–Crippen LogP) is 2.93. The van der Waals surface area contributed by atoms with E-state index in [9.17, 15) is 9.59 Å². The van der Waals surface area contributed by atoms with Crippen LogP contribution < -0.4 is 24.3 Å². The van der Waals surface area contributed by atoms with E-state index in [2.05, 4.69) is 5.32 Å². The molecule has 0 spiro atoms. The molecular weight excluding hydrogens is 388 g/mol. The van der Waals surface area contributed by atoms with Gasteiger partial charge in [0, 0.05) is 30.4 Å². The molecule has 0 atom stereocenters. The van der Waals surface area contributed by atoms with Gasteiger partial charge < -0.3 is 24.3 Å². The number of nitrogens with zero attached hydrogens (tertiary/aromatic N) is 1. The molecule has 2 aromatic rings. The van der Waals surface area contributed by atoms with Crippen molar-refractivity contribution in [1.82, 2.24) is 4.90 Å². The summed E-state index contributed by atoms with van der Waals surface area (Å²) in [7, 11) is 6.12. The molecule has 0 radical (unpaired) electrons. The van der Waals surface area contributed by atoms with Crippen molar-refractivity contribution in [2.75, 3.05) is 40.3 Å². The lowest BCUT2D eigenvalue weighted by Gasteiger charge is -2.13. The zero-order valence-corrected chi connectivity index (χ0v) is 17.6. The average Bonchev–Trinajstić information content (AvgIpc) is 3.01. The highest BCUT2D eigenvalue weighted by molar-refractivity contribution is 6.36. The Labute approximate surface area is 175 Å². The van der Waals surface area contributed by atoms with Crippen LogP contribution in [0.1, 0.15) is 12.5 Å². The second-order valence-electron chi connectivity index (χ2n) is 6.40. The molecular formula is C22H24N2O6. The third-order valence-electron chi connectivity index (χ3n) is 4.78. The number of nitrogens with one attached hydrogen (secondary N) is 1. The number of anilines is 1. The standard InChI is InChI=1S/C22H24N2O6/c1-6-24-21(25)19(13-7-8-17(29-4)18(9-13)30-5)20(22(24)26)23-14-10-15(27-2)12-16(11-14)28-3/h7-12,23H,6H2,1-5H3. The minimum absolute atomic E-state index is 0.171. The van der Waals surface area contributed by atoms with E-state index in [1.165, 1.54) is 33.3 Å². The molecule has 8 nitrogen and oxygen atoms in total. The highest BCUT2D eigenvalue weighted by Gasteiger charge is 2.38. The summed E-state index contributed by atoms with van der Waals surface area (Å²) in [5, 5.41) is 3.08. The van der Waals surface area contributed by atoms with Crippen LogP contribution in [-0.2, 0) is 9.59 Å². The van der Waals surface area contributed by atoms with Gasteiger partial charge in [-0.15, -0.1) is 0 Å². The Morgan fingerprint density at radius 1 is 0.800 bits per heavy atom. The summed E-state index contributed by atoms with van der Waals surface area (Å²) in [5.41, 5.74) is 1.52. The molecule has 0 aliphatic carbocycles. The molecule has 2 aromatic carbocycles. The van der Waals surface area contributed by atoms with Gasteiger partial charge in [-0.2, -0.15) is 0 Å². The van der Waals surface area contributed by atoms with Crippen LogP contribution in [0.3, 0.4) is 0 Å². The minimum atomic E-state index is -0.408. The first kappa shape index (κ1) is 21.0. The van der Waals surface area contributed by atoms with Crippen LogP contribution in [0.4, 0.5) is 5.69 Å². The van der Waals surface area contributed by atoms with E-state index in [0.29, 0.717) is 34.2 Å². The topological polar surface area (TPSA) is 86.3 Å². The molecule has 30 heavy (non-hydrogen) atoms. The third-order valence-corrected chi connectivity index (χ3v) is 4.78. The summed E-state index contributed by atoms with van der Waals surface area (Å²) >= 11 is 0. The predicted molar refractivity (Wildman–Crippen MR) is 112 cm³/mol. The van der Waals surface area contributed by atoms with Crippen molar-refractivity contribution in [2.45, 2.75) is 6.92 Å². The van der Waals surface area contributed by atoms with Gasteiger partial charge in [0.1, 0.15) is 17.2 Å². The van der Waals surface area contributed by atoms with Crippen LogP contribution in [0.15, 0.2) is 42.1 Å². The van der Waals surface area contributed by atoms with Crippen molar-refractivity contribution >= 4 is 23.1 Å². The maximum absolute atomic E-state index is 13.0. The third kappa shape index (κ3) is 3.76. The van der Waals surface area contributed by atoms with E-state index in [-0.39, 0.29) is 23.7 Å². The first-order valence-corrected chi connectivity index (χ1v) is 9.30. The van der Waals surface area contributed by atoms with Gasteiger partial charge in [-0.3, -0.25) is 14.5 Å². The van der Waals surface area contributed by atoms with E-state index in [1.807, 2.05) is 0 Å². The van der Waals surface area contributed by atoms with Crippen LogP contribution in [0, 0.1) is 0 Å². The average molecular weight is 412 g/mol. The van der Waals surface area contributed by atoms with Crippen LogP contribution in [0.2, 0.25) is 0 Å². The van der Waals surface area contributed by atoms with Crippen molar-refractivity contribution in [2.24, 2.45) is 0 Å². The highest BCUT2D eigenvalue weighted by Crippen LogP contribution is 2.36. The second kappa shape index (κ2) is 8.77. The number of carbonyl (C=O) groups is 2.